The number of unbranched alkanes of at least 4 members (excludes halogenated alkanes) is 1. The smallest absolute Gasteiger partial charge is 0.0203 e. The lowest BCUT2D eigenvalue weighted by molar-refractivity contribution is 0.153. The summed E-state index contributed by atoms with van der Waals surface area (Å²) in [6.07, 6.45) is 5.49. The molecule has 0 heterocycles. The molecule has 0 aliphatic carbocycles. The lowest BCUT2D eigenvalue weighted by Crippen LogP contribution is -2.52. The molecule has 0 amide bonds. The second-order valence-corrected chi connectivity index (χ2v) is 7.93. The standard InChI is InChI=1S/C16H37N3/c1-14(2,3)16(18,10-7-8-12-17)11-9-13-19-15(4,5)6/h19H,7-13,17-18H2,1-6H3. The number of nitrogens with one attached hydrogen (secondary N) is 1. The normalized spacial score (nSPS) is 16.4. The van der Waals surface area contributed by atoms with Crippen LogP contribution in [-0.2, 0) is 0 Å². The molecule has 0 saturated carbocycles. The van der Waals surface area contributed by atoms with Crippen LogP contribution in [0.5, 0.6) is 0 Å². The Hall–Kier alpha value is -0.120. The van der Waals surface area contributed by atoms with Gasteiger partial charge in [0.2, 0.25) is 0 Å². The van der Waals surface area contributed by atoms with Crippen LogP contribution in [0.2, 0.25) is 0 Å². The summed E-state index contributed by atoms with van der Waals surface area (Å²) in [5.74, 6) is 0. The van der Waals surface area contributed by atoms with Gasteiger partial charge in [0.05, 0.1) is 0 Å². The van der Waals surface area contributed by atoms with Gasteiger partial charge in [0.15, 0.2) is 0 Å². The Morgan fingerprint density at radius 2 is 1.37 bits per heavy atom. The Morgan fingerprint density at radius 3 is 1.79 bits per heavy atom. The third-order valence-corrected chi connectivity index (χ3v) is 4.03. The highest BCUT2D eigenvalue weighted by Gasteiger charge is 2.36. The number of hydrogen-bond acceptors (Lipinski definition) is 3. The first-order valence-corrected chi connectivity index (χ1v) is 7.76. The fourth-order valence-electron chi connectivity index (χ4n) is 2.33. The van der Waals surface area contributed by atoms with E-state index in [-0.39, 0.29) is 16.5 Å². The highest BCUT2D eigenvalue weighted by Crippen LogP contribution is 2.36. The monoisotopic (exact) mass is 271 g/mol. The van der Waals surface area contributed by atoms with Gasteiger partial charge in [-0.05, 0) is 65.0 Å². The van der Waals surface area contributed by atoms with Crippen LogP contribution in [0, 0.1) is 5.41 Å². The summed E-state index contributed by atoms with van der Waals surface area (Å²) >= 11 is 0. The van der Waals surface area contributed by atoms with Crippen LogP contribution < -0.4 is 16.8 Å². The zero-order chi connectivity index (χ0) is 15.2. The van der Waals surface area contributed by atoms with E-state index in [2.05, 4.69) is 46.9 Å². The summed E-state index contributed by atoms with van der Waals surface area (Å²) < 4.78 is 0. The van der Waals surface area contributed by atoms with Crippen molar-refractivity contribution < 1.29 is 0 Å². The summed E-state index contributed by atoms with van der Waals surface area (Å²) in [6.45, 7) is 15.2. The second-order valence-electron chi connectivity index (χ2n) is 7.93. The highest BCUT2D eigenvalue weighted by molar-refractivity contribution is 4.95. The van der Waals surface area contributed by atoms with Crippen molar-refractivity contribution in [1.82, 2.24) is 5.32 Å². The van der Waals surface area contributed by atoms with Crippen molar-refractivity contribution in [1.29, 1.82) is 0 Å². The Morgan fingerprint density at radius 1 is 0.842 bits per heavy atom. The molecule has 0 aromatic heterocycles. The van der Waals surface area contributed by atoms with Crippen molar-refractivity contribution in [3.63, 3.8) is 0 Å². The maximum absolute atomic E-state index is 6.70. The molecule has 0 aromatic carbocycles. The van der Waals surface area contributed by atoms with Crippen LogP contribution in [0.4, 0.5) is 0 Å². The molecule has 1 atom stereocenters. The van der Waals surface area contributed by atoms with E-state index in [0.29, 0.717) is 0 Å². The third kappa shape index (κ3) is 7.91. The number of hydrogen-bond donors (Lipinski definition) is 3. The van der Waals surface area contributed by atoms with Crippen LogP contribution in [0.25, 0.3) is 0 Å². The molecule has 0 aromatic rings. The first-order valence-electron chi connectivity index (χ1n) is 7.76. The van der Waals surface area contributed by atoms with Crippen LogP contribution >= 0.6 is 0 Å². The SMILES string of the molecule is CC(C)(C)NCCCC(N)(CCCCN)C(C)(C)C. The first kappa shape index (κ1) is 18.9. The zero-order valence-corrected chi connectivity index (χ0v) is 14.1. The lowest BCUT2D eigenvalue weighted by Gasteiger charge is -2.42. The van der Waals surface area contributed by atoms with E-state index in [4.69, 9.17) is 11.5 Å². The van der Waals surface area contributed by atoms with Gasteiger partial charge in [-0.25, -0.2) is 0 Å². The van der Waals surface area contributed by atoms with Crippen LogP contribution in [0.15, 0.2) is 0 Å². The molecule has 0 rings (SSSR count). The Labute approximate surface area is 120 Å². The van der Waals surface area contributed by atoms with Crippen molar-refractivity contribution in [2.45, 2.75) is 84.7 Å². The third-order valence-electron chi connectivity index (χ3n) is 4.03. The van der Waals surface area contributed by atoms with Gasteiger partial charge in [-0.3, -0.25) is 0 Å². The van der Waals surface area contributed by atoms with Gasteiger partial charge < -0.3 is 16.8 Å². The van der Waals surface area contributed by atoms with Crippen molar-refractivity contribution in [2.24, 2.45) is 16.9 Å². The van der Waals surface area contributed by atoms with E-state index in [1.54, 1.807) is 0 Å². The Bertz CT molecular complexity index is 237. The van der Waals surface area contributed by atoms with Crippen molar-refractivity contribution >= 4 is 0 Å². The quantitative estimate of drug-likeness (QED) is 0.595. The first-order chi connectivity index (χ1) is 8.52. The minimum atomic E-state index is -0.0816. The molecule has 0 aliphatic rings. The average Bonchev–Trinajstić information content (AvgIpc) is 2.22. The van der Waals surface area contributed by atoms with Gasteiger partial charge in [-0.15, -0.1) is 0 Å². The topological polar surface area (TPSA) is 64.1 Å². The molecule has 0 aliphatic heterocycles. The van der Waals surface area contributed by atoms with Crippen LogP contribution in [0.1, 0.15) is 73.6 Å². The van der Waals surface area contributed by atoms with E-state index in [0.717, 1.165) is 45.2 Å². The highest BCUT2D eigenvalue weighted by atomic mass is 14.9. The van der Waals surface area contributed by atoms with E-state index < -0.39 is 0 Å². The summed E-state index contributed by atoms with van der Waals surface area (Å²) in [5, 5.41) is 3.54. The summed E-state index contributed by atoms with van der Waals surface area (Å²) in [5.41, 5.74) is 12.5. The summed E-state index contributed by atoms with van der Waals surface area (Å²) in [4.78, 5) is 0. The molecule has 116 valence electrons. The Balaban J connectivity index is 4.28. The molecular formula is C16H37N3. The zero-order valence-electron chi connectivity index (χ0n) is 14.1. The van der Waals surface area contributed by atoms with Crippen LogP contribution in [0.3, 0.4) is 0 Å². The lowest BCUT2D eigenvalue weighted by atomic mass is 9.69. The minimum Gasteiger partial charge on any atom is -0.330 e. The van der Waals surface area contributed by atoms with E-state index in [1.165, 1.54) is 0 Å². The van der Waals surface area contributed by atoms with Gasteiger partial charge in [0.1, 0.15) is 0 Å². The van der Waals surface area contributed by atoms with Crippen molar-refractivity contribution in [3.8, 4) is 0 Å². The van der Waals surface area contributed by atoms with E-state index >= 15 is 0 Å². The molecule has 3 heteroatoms. The maximum Gasteiger partial charge on any atom is 0.0203 e. The molecule has 0 radical (unpaired) electrons. The molecule has 0 fully saturated rings. The fourth-order valence-corrected chi connectivity index (χ4v) is 2.33. The average molecular weight is 271 g/mol. The van der Waals surface area contributed by atoms with Crippen LogP contribution in [-0.4, -0.2) is 24.2 Å². The molecule has 19 heavy (non-hydrogen) atoms. The summed E-state index contributed by atoms with van der Waals surface area (Å²) in [7, 11) is 0. The molecule has 0 spiro atoms. The number of nitrogens with two attached hydrogens (primary N) is 2. The van der Waals surface area contributed by atoms with Gasteiger partial charge >= 0.3 is 0 Å². The van der Waals surface area contributed by atoms with Gasteiger partial charge in [-0.1, -0.05) is 27.2 Å². The van der Waals surface area contributed by atoms with Gasteiger partial charge in [-0.2, -0.15) is 0 Å². The molecule has 0 saturated heterocycles. The molecule has 1 unspecified atom stereocenters. The predicted octanol–water partition coefficient (Wildman–Crippen LogP) is 3.03. The molecule has 5 N–H and O–H groups in total. The minimum absolute atomic E-state index is 0.0816. The number of rotatable bonds is 8. The predicted molar refractivity (Wildman–Crippen MR) is 86.3 cm³/mol. The Kier molecular flexibility index (Phi) is 7.56. The van der Waals surface area contributed by atoms with Crippen molar-refractivity contribution in [2.75, 3.05) is 13.1 Å². The van der Waals surface area contributed by atoms with E-state index in [9.17, 15) is 0 Å². The van der Waals surface area contributed by atoms with E-state index in [1.807, 2.05) is 0 Å². The second kappa shape index (κ2) is 7.61. The molecule has 0 bridgehead atoms. The maximum atomic E-state index is 6.70. The molecular weight excluding hydrogens is 234 g/mol. The summed E-state index contributed by atoms with van der Waals surface area (Å²) in [6, 6.07) is 0. The van der Waals surface area contributed by atoms with Gasteiger partial charge in [0.25, 0.3) is 0 Å². The largest absolute Gasteiger partial charge is 0.330 e. The van der Waals surface area contributed by atoms with Crippen molar-refractivity contribution in [3.05, 3.63) is 0 Å². The van der Waals surface area contributed by atoms with Gasteiger partial charge in [0, 0.05) is 11.1 Å². The fraction of sp³-hybridized carbons (Fsp3) is 1.00. The molecule has 3 nitrogen and oxygen atoms in total.